The topological polar surface area (TPSA) is 113 Å². The number of benzene rings is 2. The van der Waals surface area contributed by atoms with Crippen LogP contribution in [0.25, 0.3) is 22.3 Å². The lowest BCUT2D eigenvalue weighted by Gasteiger charge is -2.21. The summed E-state index contributed by atoms with van der Waals surface area (Å²) < 4.78 is 8.09. The second kappa shape index (κ2) is 8.85. The Balaban J connectivity index is 1.70. The van der Waals surface area contributed by atoms with Gasteiger partial charge >= 0.3 is 7.12 Å². The van der Waals surface area contributed by atoms with E-state index in [9.17, 15) is 14.8 Å². The number of aromatic nitrogens is 1. The van der Waals surface area contributed by atoms with Gasteiger partial charge < -0.3 is 24.5 Å². The molecule has 0 atom stereocenters. The van der Waals surface area contributed by atoms with Gasteiger partial charge in [0, 0.05) is 34.9 Å². The molecule has 0 saturated carbocycles. The molecule has 0 bridgehead atoms. The summed E-state index contributed by atoms with van der Waals surface area (Å²) in [5.74, 6) is -0.0850. The lowest BCUT2D eigenvalue weighted by molar-refractivity contribution is 0.100. The third-order valence-corrected chi connectivity index (χ3v) is 5.70. The lowest BCUT2D eigenvalue weighted by atomic mass is 9.82. The molecule has 2 aromatic heterocycles. The van der Waals surface area contributed by atoms with Gasteiger partial charge in [-0.1, -0.05) is 48.3 Å². The predicted octanol–water partition coefficient (Wildman–Crippen LogP) is 2.56. The number of primary amides is 1. The fraction of sp³-hybridized carbons (Fsp3) is 0.0909. The smallest absolute Gasteiger partial charge is 0.455 e. The lowest BCUT2D eigenvalue weighted by Crippen LogP contribution is -2.30. The van der Waals surface area contributed by atoms with E-state index < -0.39 is 13.0 Å². The molecule has 0 aliphatic carbocycles. The Labute approximate surface area is 183 Å². The number of anilines is 1. The highest BCUT2D eigenvalue weighted by Crippen LogP contribution is 2.36. The van der Waals surface area contributed by atoms with E-state index in [-0.39, 0.29) is 0 Å². The van der Waals surface area contributed by atoms with Gasteiger partial charge in [-0.25, -0.2) is 0 Å². The SMILES string of the molecule is CSN(Cc1ccc(B(O)O)cn1)c1ccc2c(C(N)=O)c(-c3ccccc3)oc2c1. The fourth-order valence-electron chi connectivity index (χ4n) is 3.37. The van der Waals surface area contributed by atoms with Crippen molar-refractivity contribution in [1.82, 2.24) is 4.98 Å². The van der Waals surface area contributed by atoms with Gasteiger partial charge in [0.25, 0.3) is 5.91 Å². The van der Waals surface area contributed by atoms with Gasteiger partial charge in [-0.15, -0.1) is 0 Å². The molecular weight excluding hydrogens is 413 g/mol. The van der Waals surface area contributed by atoms with Crippen LogP contribution < -0.4 is 15.5 Å². The highest BCUT2D eigenvalue weighted by molar-refractivity contribution is 7.99. The van der Waals surface area contributed by atoms with Crippen LogP contribution in [0.4, 0.5) is 5.69 Å². The van der Waals surface area contributed by atoms with Gasteiger partial charge in [0.1, 0.15) is 11.3 Å². The maximum Gasteiger partial charge on any atom is 0.490 e. The van der Waals surface area contributed by atoms with Crippen LogP contribution in [0.5, 0.6) is 0 Å². The van der Waals surface area contributed by atoms with E-state index in [0.29, 0.717) is 34.3 Å². The Bertz CT molecular complexity index is 1210. The highest BCUT2D eigenvalue weighted by atomic mass is 32.2. The zero-order valence-electron chi connectivity index (χ0n) is 16.7. The fourth-order valence-corrected chi connectivity index (χ4v) is 3.95. The van der Waals surface area contributed by atoms with Crippen LogP contribution in [0, 0.1) is 0 Å². The summed E-state index contributed by atoms with van der Waals surface area (Å²) in [4.78, 5) is 16.5. The molecule has 2 heterocycles. The van der Waals surface area contributed by atoms with Crippen LogP contribution in [0.3, 0.4) is 0 Å². The van der Waals surface area contributed by atoms with Crippen molar-refractivity contribution in [2.24, 2.45) is 5.73 Å². The molecule has 4 aromatic rings. The van der Waals surface area contributed by atoms with Gasteiger partial charge in [0.15, 0.2) is 0 Å². The third-order valence-electron chi connectivity index (χ3n) is 4.92. The first-order valence-corrected chi connectivity index (χ1v) is 10.7. The van der Waals surface area contributed by atoms with Crippen molar-refractivity contribution >= 4 is 47.1 Å². The van der Waals surface area contributed by atoms with Crippen molar-refractivity contribution < 1.29 is 19.3 Å². The Hall–Kier alpha value is -3.27. The van der Waals surface area contributed by atoms with E-state index in [1.807, 2.05) is 59.1 Å². The number of fused-ring (bicyclic) bond motifs is 1. The molecule has 4 N–H and O–H groups in total. The van der Waals surface area contributed by atoms with Crippen molar-refractivity contribution in [3.05, 3.63) is 78.1 Å². The highest BCUT2D eigenvalue weighted by Gasteiger charge is 2.21. The first-order chi connectivity index (χ1) is 15.0. The number of amides is 1. The molecule has 156 valence electrons. The Kier molecular flexibility index (Phi) is 5.99. The monoisotopic (exact) mass is 433 g/mol. The number of hydrogen-bond acceptors (Lipinski definition) is 7. The van der Waals surface area contributed by atoms with Gasteiger partial charge in [-0.2, -0.15) is 0 Å². The van der Waals surface area contributed by atoms with E-state index in [4.69, 9.17) is 10.2 Å². The summed E-state index contributed by atoms with van der Waals surface area (Å²) in [5.41, 5.74) is 9.35. The van der Waals surface area contributed by atoms with Crippen LogP contribution >= 0.6 is 11.9 Å². The van der Waals surface area contributed by atoms with Gasteiger partial charge in [-0.05, 0) is 18.2 Å². The minimum atomic E-state index is -1.54. The van der Waals surface area contributed by atoms with Crippen LogP contribution in [0.1, 0.15) is 16.1 Å². The van der Waals surface area contributed by atoms with E-state index in [0.717, 1.165) is 16.9 Å². The van der Waals surface area contributed by atoms with Crippen molar-refractivity contribution in [1.29, 1.82) is 0 Å². The molecule has 4 rings (SSSR count). The summed E-state index contributed by atoms with van der Waals surface area (Å²) in [6.45, 7) is 0.489. The Morgan fingerprint density at radius 3 is 2.55 bits per heavy atom. The maximum absolute atomic E-state index is 12.2. The summed E-state index contributed by atoms with van der Waals surface area (Å²) in [7, 11) is -1.54. The van der Waals surface area contributed by atoms with Gasteiger partial charge in [0.2, 0.25) is 0 Å². The van der Waals surface area contributed by atoms with Crippen molar-refractivity contribution in [2.75, 3.05) is 10.6 Å². The quantitative estimate of drug-likeness (QED) is 0.303. The molecule has 0 radical (unpaired) electrons. The maximum atomic E-state index is 12.2. The summed E-state index contributed by atoms with van der Waals surface area (Å²) in [6, 6.07) is 18.4. The third kappa shape index (κ3) is 4.29. The summed E-state index contributed by atoms with van der Waals surface area (Å²) in [6.07, 6.45) is 3.39. The molecule has 0 aliphatic rings. The Morgan fingerprint density at radius 2 is 1.94 bits per heavy atom. The summed E-state index contributed by atoms with van der Waals surface area (Å²) in [5, 5.41) is 19.1. The number of nitrogens with two attached hydrogens (primary N) is 1. The second-order valence-electron chi connectivity index (χ2n) is 6.89. The van der Waals surface area contributed by atoms with E-state index in [1.54, 1.807) is 12.1 Å². The van der Waals surface area contributed by atoms with Gasteiger partial charge in [-0.3, -0.25) is 9.78 Å². The molecule has 7 nitrogen and oxygen atoms in total. The molecule has 1 amide bonds. The first kappa shape index (κ1) is 21.0. The van der Waals surface area contributed by atoms with E-state index in [1.165, 1.54) is 18.1 Å². The standard InChI is InChI=1S/C22H20BN3O4S/c1-31-26(13-16-8-7-15(12-25-16)23(28)29)17-9-10-18-19(11-17)30-21(20(18)22(24)27)14-5-3-2-4-6-14/h2-12,28-29H,13H2,1H3,(H2,24,27). The molecule has 0 saturated heterocycles. The van der Waals surface area contributed by atoms with Crippen molar-refractivity contribution in [3.8, 4) is 11.3 Å². The largest absolute Gasteiger partial charge is 0.490 e. The average Bonchev–Trinajstić information content (AvgIpc) is 3.17. The predicted molar refractivity (Wildman–Crippen MR) is 124 cm³/mol. The number of hydrogen-bond donors (Lipinski definition) is 3. The number of nitrogens with zero attached hydrogens (tertiary/aromatic N) is 2. The zero-order valence-corrected chi connectivity index (χ0v) is 17.5. The first-order valence-electron chi connectivity index (χ1n) is 9.52. The molecule has 0 spiro atoms. The number of carbonyl (C=O) groups excluding carboxylic acids is 1. The molecular formula is C22H20BN3O4S. The number of pyridine rings is 1. The van der Waals surface area contributed by atoms with Crippen LogP contribution in [0.15, 0.2) is 71.3 Å². The van der Waals surface area contributed by atoms with Crippen LogP contribution in [-0.2, 0) is 6.54 Å². The van der Waals surface area contributed by atoms with E-state index in [2.05, 4.69) is 4.98 Å². The van der Waals surface area contributed by atoms with E-state index >= 15 is 0 Å². The molecule has 0 aliphatic heterocycles. The Morgan fingerprint density at radius 1 is 1.16 bits per heavy atom. The molecule has 9 heteroatoms. The second-order valence-corrected chi connectivity index (χ2v) is 7.70. The number of rotatable bonds is 7. The van der Waals surface area contributed by atoms with Crippen LogP contribution in [0.2, 0.25) is 0 Å². The zero-order chi connectivity index (χ0) is 22.0. The minimum absolute atomic E-state index is 0.337. The number of furan rings is 1. The normalized spacial score (nSPS) is 10.9. The van der Waals surface area contributed by atoms with Gasteiger partial charge in [0.05, 0.1) is 23.5 Å². The van der Waals surface area contributed by atoms with Crippen LogP contribution in [-0.4, -0.2) is 34.3 Å². The molecule has 0 unspecified atom stereocenters. The molecule has 31 heavy (non-hydrogen) atoms. The number of carbonyl (C=O) groups is 1. The van der Waals surface area contributed by atoms with Crippen molar-refractivity contribution in [3.63, 3.8) is 0 Å². The molecule has 2 aromatic carbocycles. The summed E-state index contributed by atoms with van der Waals surface area (Å²) >= 11 is 1.51. The van der Waals surface area contributed by atoms with Crippen molar-refractivity contribution in [2.45, 2.75) is 6.54 Å². The minimum Gasteiger partial charge on any atom is -0.455 e. The molecule has 0 fully saturated rings. The average molecular weight is 433 g/mol.